The molecular formula is C20H16Cl2INO2. The van der Waals surface area contributed by atoms with Gasteiger partial charge in [-0.1, -0.05) is 47.5 Å². The van der Waals surface area contributed by atoms with Crippen LogP contribution in [0.5, 0.6) is 0 Å². The molecular weight excluding hydrogens is 484 g/mol. The molecule has 134 valence electrons. The van der Waals surface area contributed by atoms with Crippen LogP contribution >= 0.6 is 45.8 Å². The number of aromatic nitrogens is 1. The zero-order valence-electron chi connectivity index (χ0n) is 14.2. The zero-order valence-corrected chi connectivity index (χ0v) is 17.9. The average molecular weight is 500 g/mol. The normalized spacial score (nSPS) is 10.8. The van der Waals surface area contributed by atoms with Gasteiger partial charge in [-0.25, -0.2) is 4.79 Å². The van der Waals surface area contributed by atoms with E-state index < -0.39 is 5.97 Å². The van der Waals surface area contributed by atoms with Gasteiger partial charge in [0.25, 0.3) is 0 Å². The Morgan fingerprint density at radius 3 is 2.42 bits per heavy atom. The number of rotatable bonds is 4. The second kappa shape index (κ2) is 8.03. The van der Waals surface area contributed by atoms with Crippen LogP contribution in [0, 0.1) is 3.57 Å². The summed E-state index contributed by atoms with van der Waals surface area (Å²) in [5, 5.41) is 0.998. The molecule has 0 spiro atoms. The highest BCUT2D eigenvalue weighted by atomic mass is 127. The molecule has 0 bridgehead atoms. The van der Waals surface area contributed by atoms with Gasteiger partial charge in [-0.05, 0) is 64.9 Å². The van der Waals surface area contributed by atoms with Crippen molar-refractivity contribution in [1.82, 2.24) is 4.57 Å². The molecule has 0 saturated heterocycles. The number of nitrogens with zero attached hydrogens (tertiary/aromatic N) is 1. The average Bonchev–Trinajstić information content (AvgIpc) is 2.88. The molecule has 6 heteroatoms. The fourth-order valence-electron chi connectivity index (χ4n) is 2.92. The molecule has 0 aliphatic rings. The number of carbonyl (C=O) groups excluding carboxylic acids is 1. The topological polar surface area (TPSA) is 31.2 Å². The number of benzene rings is 2. The van der Waals surface area contributed by atoms with E-state index in [1.165, 1.54) is 0 Å². The number of hydrogen-bond acceptors (Lipinski definition) is 2. The maximum absolute atomic E-state index is 12.7. The largest absolute Gasteiger partial charge is 0.462 e. The molecule has 0 atom stereocenters. The van der Waals surface area contributed by atoms with Gasteiger partial charge in [0.15, 0.2) is 0 Å². The molecule has 0 unspecified atom stereocenters. The standard InChI is InChI=1S/C20H16Cl2INO2/c1-3-26-20(25)17-16(13-5-4-6-15(23)11-13)18(24(2)19(17)22)12-7-9-14(21)10-8-12/h4-11H,3H2,1-2H3. The van der Waals surface area contributed by atoms with E-state index in [-0.39, 0.29) is 6.61 Å². The lowest BCUT2D eigenvalue weighted by Gasteiger charge is -2.10. The van der Waals surface area contributed by atoms with Gasteiger partial charge in [0.2, 0.25) is 0 Å². The van der Waals surface area contributed by atoms with Crippen molar-refractivity contribution in [1.29, 1.82) is 0 Å². The highest BCUT2D eigenvalue weighted by Gasteiger charge is 2.28. The number of hydrogen-bond donors (Lipinski definition) is 0. The van der Waals surface area contributed by atoms with E-state index >= 15 is 0 Å². The van der Waals surface area contributed by atoms with Crippen LogP contribution in [0.1, 0.15) is 17.3 Å². The first-order valence-electron chi connectivity index (χ1n) is 8.01. The fraction of sp³-hybridized carbons (Fsp3) is 0.150. The van der Waals surface area contributed by atoms with Crippen molar-refractivity contribution in [3.63, 3.8) is 0 Å². The van der Waals surface area contributed by atoms with Gasteiger partial charge in [-0.2, -0.15) is 0 Å². The van der Waals surface area contributed by atoms with Crippen molar-refractivity contribution in [3.8, 4) is 22.4 Å². The minimum Gasteiger partial charge on any atom is -0.462 e. The van der Waals surface area contributed by atoms with E-state index in [1.807, 2.05) is 60.1 Å². The van der Waals surface area contributed by atoms with Crippen LogP contribution in [0.25, 0.3) is 22.4 Å². The Kier molecular flexibility index (Phi) is 5.95. The summed E-state index contributed by atoms with van der Waals surface area (Å²) >= 11 is 14.8. The van der Waals surface area contributed by atoms with Crippen molar-refractivity contribution >= 4 is 51.8 Å². The lowest BCUT2D eigenvalue weighted by Crippen LogP contribution is -2.06. The first-order chi connectivity index (χ1) is 12.4. The van der Waals surface area contributed by atoms with E-state index in [0.29, 0.717) is 15.7 Å². The molecule has 0 amide bonds. The smallest absolute Gasteiger partial charge is 0.341 e. The molecule has 0 aliphatic carbocycles. The van der Waals surface area contributed by atoms with E-state index in [2.05, 4.69) is 22.6 Å². The van der Waals surface area contributed by atoms with Gasteiger partial charge in [0.1, 0.15) is 10.7 Å². The number of carbonyl (C=O) groups is 1. The van der Waals surface area contributed by atoms with Gasteiger partial charge in [-0.15, -0.1) is 0 Å². The van der Waals surface area contributed by atoms with Crippen LogP contribution in [0.2, 0.25) is 10.2 Å². The maximum atomic E-state index is 12.7. The predicted octanol–water partition coefficient (Wildman–Crippen LogP) is 6.45. The highest BCUT2D eigenvalue weighted by Crippen LogP contribution is 2.41. The van der Waals surface area contributed by atoms with E-state index in [4.69, 9.17) is 27.9 Å². The van der Waals surface area contributed by atoms with Crippen LogP contribution in [0.4, 0.5) is 0 Å². The van der Waals surface area contributed by atoms with Crippen LogP contribution in [0.3, 0.4) is 0 Å². The molecule has 2 aromatic carbocycles. The summed E-state index contributed by atoms with van der Waals surface area (Å²) in [6.45, 7) is 2.06. The fourth-order valence-corrected chi connectivity index (χ4v) is 3.84. The van der Waals surface area contributed by atoms with Crippen molar-refractivity contribution < 1.29 is 9.53 Å². The summed E-state index contributed by atoms with van der Waals surface area (Å²) in [6, 6.07) is 15.4. The van der Waals surface area contributed by atoms with Gasteiger partial charge < -0.3 is 9.30 Å². The molecule has 3 aromatic rings. The third kappa shape index (κ3) is 3.63. The Balaban J connectivity index is 2.34. The SMILES string of the molecule is CCOC(=O)c1c(-c2cccc(I)c2)c(-c2ccc(Cl)cc2)n(C)c1Cl. The molecule has 1 heterocycles. The van der Waals surface area contributed by atoms with Crippen molar-refractivity contribution in [2.75, 3.05) is 6.61 Å². The van der Waals surface area contributed by atoms with Crippen LogP contribution < -0.4 is 0 Å². The van der Waals surface area contributed by atoms with Crippen molar-refractivity contribution in [2.45, 2.75) is 6.92 Å². The molecule has 0 saturated carbocycles. The lowest BCUT2D eigenvalue weighted by molar-refractivity contribution is 0.0527. The summed E-state index contributed by atoms with van der Waals surface area (Å²) in [4.78, 5) is 12.7. The summed E-state index contributed by atoms with van der Waals surface area (Å²) in [5.74, 6) is -0.429. The first-order valence-corrected chi connectivity index (χ1v) is 9.84. The molecule has 1 aromatic heterocycles. The van der Waals surface area contributed by atoms with E-state index in [1.54, 1.807) is 6.92 Å². The van der Waals surface area contributed by atoms with Gasteiger partial charge in [0.05, 0.1) is 12.3 Å². The highest BCUT2D eigenvalue weighted by molar-refractivity contribution is 14.1. The molecule has 0 fully saturated rings. The Hall–Kier alpha value is -1.50. The predicted molar refractivity (Wildman–Crippen MR) is 115 cm³/mol. The second-order valence-corrected chi connectivity index (χ2v) is 7.73. The molecule has 3 rings (SSSR count). The third-order valence-corrected chi connectivity index (χ3v) is 5.40. The quantitative estimate of drug-likeness (QED) is 0.305. The monoisotopic (exact) mass is 499 g/mol. The van der Waals surface area contributed by atoms with Gasteiger partial charge in [-0.3, -0.25) is 0 Å². The van der Waals surface area contributed by atoms with Crippen LogP contribution in [-0.2, 0) is 11.8 Å². The molecule has 0 radical (unpaired) electrons. The van der Waals surface area contributed by atoms with Crippen molar-refractivity contribution in [2.24, 2.45) is 7.05 Å². The summed E-state index contributed by atoms with van der Waals surface area (Å²) in [6.07, 6.45) is 0. The first kappa shape index (κ1) is 19.3. The van der Waals surface area contributed by atoms with Gasteiger partial charge in [0, 0.05) is 21.2 Å². The Labute approximate surface area is 176 Å². The molecule has 26 heavy (non-hydrogen) atoms. The number of ether oxygens (including phenoxy) is 1. The number of esters is 1. The summed E-state index contributed by atoms with van der Waals surface area (Å²) < 4.78 is 8.14. The van der Waals surface area contributed by atoms with Gasteiger partial charge >= 0.3 is 5.97 Å². The molecule has 3 nitrogen and oxygen atoms in total. The lowest BCUT2D eigenvalue weighted by atomic mass is 9.98. The second-order valence-electron chi connectivity index (χ2n) is 5.69. The minimum absolute atomic E-state index is 0.284. The zero-order chi connectivity index (χ0) is 18.8. The maximum Gasteiger partial charge on any atom is 0.341 e. The van der Waals surface area contributed by atoms with Crippen LogP contribution in [-0.4, -0.2) is 17.1 Å². The number of halogens is 3. The van der Waals surface area contributed by atoms with Crippen molar-refractivity contribution in [3.05, 3.63) is 67.8 Å². The summed E-state index contributed by atoms with van der Waals surface area (Å²) in [5.41, 5.74) is 3.81. The molecule has 0 aliphatic heterocycles. The third-order valence-electron chi connectivity index (χ3n) is 4.03. The van der Waals surface area contributed by atoms with E-state index in [9.17, 15) is 4.79 Å². The van der Waals surface area contributed by atoms with Crippen LogP contribution in [0.15, 0.2) is 48.5 Å². The van der Waals surface area contributed by atoms with E-state index in [0.717, 1.165) is 26.0 Å². The Bertz CT molecular complexity index is 965. The minimum atomic E-state index is -0.429. The molecule has 0 N–H and O–H groups in total. The Morgan fingerprint density at radius 2 is 1.81 bits per heavy atom. The summed E-state index contributed by atoms with van der Waals surface area (Å²) in [7, 11) is 1.84. The Morgan fingerprint density at radius 1 is 1.12 bits per heavy atom.